The predicted molar refractivity (Wildman–Crippen MR) is 124 cm³/mol. The molecule has 162 valence electrons. The van der Waals surface area contributed by atoms with Gasteiger partial charge in [-0.3, -0.25) is 4.79 Å². The van der Waals surface area contributed by atoms with Gasteiger partial charge < -0.3 is 24.6 Å². The number of thiazole rings is 1. The van der Waals surface area contributed by atoms with E-state index < -0.39 is 0 Å². The number of piperazine rings is 1. The first-order chi connectivity index (χ1) is 15.0. The third-order valence-electron chi connectivity index (χ3n) is 5.85. The highest BCUT2D eigenvalue weighted by molar-refractivity contribution is 7.22. The zero-order chi connectivity index (χ0) is 21.5. The Kier molecular flexibility index (Phi) is 5.19. The average Bonchev–Trinajstić information content (AvgIpc) is 3.35. The van der Waals surface area contributed by atoms with Gasteiger partial charge >= 0.3 is 0 Å². The molecular formula is C23H26N4O3S. The number of methoxy groups -OCH3 is 1. The second-order valence-corrected chi connectivity index (χ2v) is 9.23. The monoisotopic (exact) mass is 438 g/mol. The number of amides is 1. The molecule has 0 spiro atoms. The summed E-state index contributed by atoms with van der Waals surface area (Å²) >= 11 is 1.67. The smallest absolute Gasteiger partial charge is 0.255 e. The fourth-order valence-electron chi connectivity index (χ4n) is 4.11. The third kappa shape index (κ3) is 3.93. The van der Waals surface area contributed by atoms with Crippen LogP contribution in [0.4, 0.5) is 10.8 Å². The molecule has 31 heavy (non-hydrogen) atoms. The van der Waals surface area contributed by atoms with E-state index >= 15 is 0 Å². The van der Waals surface area contributed by atoms with E-state index in [0.29, 0.717) is 11.3 Å². The summed E-state index contributed by atoms with van der Waals surface area (Å²) in [6.45, 7) is 6.08. The van der Waals surface area contributed by atoms with Gasteiger partial charge in [0, 0.05) is 49.4 Å². The summed E-state index contributed by atoms with van der Waals surface area (Å²) in [4.78, 5) is 22.4. The Labute approximate surface area is 185 Å². The zero-order valence-electron chi connectivity index (χ0n) is 18.0. The largest absolute Gasteiger partial charge is 0.493 e. The van der Waals surface area contributed by atoms with Gasteiger partial charge in [-0.05, 0) is 44.3 Å². The Morgan fingerprint density at radius 1 is 1.23 bits per heavy atom. The van der Waals surface area contributed by atoms with E-state index in [9.17, 15) is 4.79 Å². The lowest BCUT2D eigenvalue weighted by Gasteiger charge is -2.31. The minimum atomic E-state index is -0.163. The maximum Gasteiger partial charge on any atom is 0.255 e. The molecule has 1 atom stereocenters. The maximum absolute atomic E-state index is 13.0. The van der Waals surface area contributed by atoms with Gasteiger partial charge in [-0.1, -0.05) is 11.3 Å². The van der Waals surface area contributed by atoms with Crippen LogP contribution in [-0.2, 0) is 6.42 Å². The van der Waals surface area contributed by atoms with Crippen molar-refractivity contribution in [3.05, 3.63) is 41.5 Å². The number of carbonyl (C=O) groups is 1. The number of hydrogen-bond acceptors (Lipinski definition) is 7. The van der Waals surface area contributed by atoms with Gasteiger partial charge in [-0.2, -0.15) is 0 Å². The van der Waals surface area contributed by atoms with Crippen molar-refractivity contribution >= 4 is 38.3 Å². The SMILES string of the molecule is COc1cc(C(=O)Nc2ccc3nc(N4CCN(C)CC4)sc3c2)cc2c1OC(C)C2. The molecule has 1 N–H and O–H groups in total. The van der Waals surface area contributed by atoms with E-state index in [-0.39, 0.29) is 12.0 Å². The van der Waals surface area contributed by atoms with Crippen molar-refractivity contribution in [2.45, 2.75) is 19.4 Å². The van der Waals surface area contributed by atoms with Gasteiger partial charge in [0.05, 0.1) is 17.3 Å². The summed E-state index contributed by atoms with van der Waals surface area (Å²) in [6, 6.07) is 9.51. The van der Waals surface area contributed by atoms with Crippen LogP contribution in [-0.4, -0.2) is 62.2 Å². The molecule has 1 aromatic heterocycles. The molecule has 2 aliphatic rings. The summed E-state index contributed by atoms with van der Waals surface area (Å²) in [7, 11) is 3.74. The van der Waals surface area contributed by atoms with Crippen LogP contribution < -0.4 is 19.7 Å². The minimum absolute atomic E-state index is 0.0884. The first kappa shape index (κ1) is 20.1. The van der Waals surface area contributed by atoms with E-state index in [0.717, 1.165) is 64.9 Å². The lowest BCUT2D eigenvalue weighted by molar-refractivity contribution is 0.102. The highest BCUT2D eigenvalue weighted by Crippen LogP contribution is 2.39. The molecule has 8 heteroatoms. The summed E-state index contributed by atoms with van der Waals surface area (Å²) < 4.78 is 12.3. The topological polar surface area (TPSA) is 66.9 Å². The third-order valence-corrected chi connectivity index (χ3v) is 6.93. The van der Waals surface area contributed by atoms with E-state index in [1.807, 2.05) is 31.2 Å². The molecule has 1 unspecified atom stereocenters. The van der Waals surface area contributed by atoms with E-state index in [1.54, 1.807) is 24.5 Å². The van der Waals surface area contributed by atoms with Crippen molar-refractivity contribution in [3.8, 4) is 11.5 Å². The normalized spacial score (nSPS) is 18.7. The van der Waals surface area contributed by atoms with Crippen molar-refractivity contribution in [3.63, 3.8) is 0 Å². The van der Waals surface area contributed by atoms with Gasteiger partial charge in [-0.15, -0.1) is 0 Å². The van der Waals surface area contributed by atoms with Crippen LogP contribution >= 0.6 is 11.3 Å². The summed E-state index contributed by atoms with van der Waals surface area (Å²) in [5.74, 6) is 1.18. The van der Waals surface area contributed by atoms with Crippen molar-refractivity contribution in [2.75, 3.05) is 50.6 Å². The van der Waals surface area contributed by atoms with E-state index in [2.05, 4.69) is 22.2 Å². The minimum Gasteiger partial charge on any atom is -0.493 e. The first-order valence-corrected chi connectivity index (χ1v) is 11.3. The van der Waals surface area contributed by atoms with Gasteiger partial charge in [0.1, 0.15) is 6.10 Å². The highest BCUT2D eigenvalue weighted by atomic mass is 32.1. The predicted octanol–water partition coefficient (Wildman–Crippen LogP) is 3.63. The molecule has 0 aliphatic carbocycles. The number of rotatable bonds is 4. The second-order valence-electron chi connectivity index (χ2n) is 8.22. The van der Waals surface area contributed by atoms with Gasteiger partial charge in [0.15, 0.2) is 16.6 Å². The van der Waals surface area contributed by atoms with Crippen molar-refractivity contribution in [2.24, 2.45) is 0 Å². The average molecular weight is 439 g/mol. The summed E-state index contributed by atoms with van der Waals surface area (Å²) in [5, 5.41) is 4.07. The van der Waals surface area contributed by atoms with Gasteiger partial charge in [-0.25, -0.2) is 4.98 Å². The van der Waals surface area contributed by atoms with Crippen LogP contribution in [0.2, 0.25) is 0 Å². The van der Waals surface area contributed by atoms with Crippen molar-refractivity contribution in [1.29, 1.82) is 0 Å². The van der Waals surface area contributed by atoms with Crippen molar-refractivity contribution in [1.82, 2.24) is 9.88 Å². The zero-order valence-corrected chi connectivity index (χ0v) is 18.8. The molecule has 3 aromatic rings. The number of aromatic nitrogens is 1. The maximum atomic E-state index is 13.0. The Hall–Kier alpha value is -2.84. The number of ether oxygens (including phenoxy) is 2. The van der Waals surface area contributed by atoms with Gasteiger partial charge in [0.25, 0.3) is 5.91 Å². The number of benzene rings is 2. The Bertz CT molecular complexity index is 1140. The van der Waals surface area contributed by atoms with Crippen LogP contribution in [0.15, 0.2) is 30.3 Å². The van der Waals surface area contributed by atoms with Gasteiger partial charge in [0.2, 0.25) is 0 Å². The number of likely N-dealkylation sites (N-methyl/N-ethyl adjacent to an activating group) is 1. The van der Waals surface area contributed by atoms with Crippen LogP contribution in [0, 0.1) is 0 Å². The van der Waals surface area contributed by atoms with Crippen LogP contribution in [0.25, 0.3) is 10.2 Å². The van der Waals surface area contributed by atoms with Crippen LogP contribution in [0.5, 0.6) is 11.5 Å². The Balaban J connectivity index is 1.36. The second kappa shape index (κ2) is 8.01. The number of fused-ring (bicyclic) bond motifs is 2. The molecule has 1 amide bonds. The highest BCUT2D eigenvalue weighted by Gasteiger charge is 2.25. The number of nitrogens with one attached hydrogen (secondary N) is 1. The lowest BCUT2D eigenvalue weighted by atomic mass is 10.1. The molecule has 0 bridgehead atoms. The van der Waals surface area contributed by atoms with E-state index in [1.165, 1.54) is 0 Å². The molecule has 3 heterocycles. The number of nitrogens with zero attached hydrogens (tertiary/aromatic N) is 3. The standard InChI is InChI=1S/C23H26N4O3S/c1-14-10-15-11-16(12-19(29-3)21(15)30-14)22(28)24-17-4-5-18-20(13-17)31-23(25-18)27-8-6-26(2)7-9-27/h4-5,11-14H,6-10H2,1-3H3,(H,24,28). The molecule has 7 nitrogen and oxygen atoms in total. The van der Waals surface area contributed by atoms with Crippen LogP contribution in [0.1, 0.15) is 22.8 Å². The Morgan fingerprint density at radius 3 is 2.81 bits per heavy atom. The summed E-state index contributed by atoms with van der Waals surface area (Å²) in [5.41, 5.74) is 3.29. The first-order valence-electron chi connectivity index (χ1n) is 10.5. The molecule has 1 saturated heterocycles. The molecule has 2 aliphatic heterocycles. The van der Waals surface area contributed by atoms with Crippen LogP contribution in [0.3, 0.4) is 0 Å². The molecule has 0 radical (unpaired) electrons. The fourth-order valence-corrected chi connectivity index (χ4v) is 5.16. The number of carbonyl (C=O) groups excluding carboxylic acids is 1. The molecule has 5 rings (SSSR count). The van der Waals surface area contributed by atoms with E-state index in [4.69, 9.17) is 14.5 Å². The molecule has 0 saturated carbocycles. The summed E-state index contributed by atoms with van der Waals surface area (Å²) in [6.07, 6.45) is 0.861. The Morgan fingerprint density at radius 2 is 2.03 bits per heavy atom. The fraction of sp³-hybridized carbons (Fsp3) is 0.391. The number of anilines is 2. The molecular weight excluding hydrogens is 412 g/mol. The lowest BCUT2D eigenvalue weighted by Crippen LogP contribution is -2.44. The molecule has 2 aromatic carbocycles. The quantitative estimate of drug-likeness (QED) is 0.671. The number of hydrogen-bond donors (Lipinski definition) is 1. The molecule has 1 fully saturated rings. The van der Waals surface area contributed by atoms with Crippen molar-refractivity contribution < 1.29 is 14.3 Å².